The number of amides is 1. The first kappa shape index (κ1) is 20.3. The Morgan fingerprint density at radius 2 is 2.21 bits per heavy atom. The van der Waals surface area contributed by atoms with Crippen molar-refractivity contribution >= 4 is 24.6 Å². The van der Waals surface area contributed by atoms with Gasteiger partial charge in [0.05, 0.1) is 17.9 Å². The third-order valence-corrected chi connectivity index (χ3v) is 3.73. The van der Waals surface area contributed by atoms with Gasteiger partial charge in [0.25, 0.3) is 0 Å². The minimum atomic E-state index is -0.480. The Bertz CT molecular complexity index is 584. The molecule has 1 fully saturated rings. The first-order chi connectivity index (χ1) is 10.8. The molecule has 0 radical (unpaired) electrons. The molecular formula is C18H27ClN2O3. The predicted octanol–water partition coefficient (Wildman–Crippen LogP) is 4.23. The Hall–Kier alpha value is -1.75. The summed E-state index contributed by atoms with van der Waals surface area (Å²) in [6.07, 6.45) is 5.05. The molecule has 0 aromatic carbocycles. The number of aromatic nitrogens is 1. The van der Waals surface area contributed by atoms with E-state index in [1.165, 1.54) is 0 Å². The van der Waals surface area contributed by atoms with E-state index in [2.05, 4.69) is 11.6 Å². The number of halogens is 1. The van der Waals surface area contributed by atoms with Crippen LogP contribution in [-0.2, 0) is 4.74 Å². The summed E-state index contributed by atoms with van der Waals surface area (Å²) in [5.41, 5.74) is 1.40. The summed E-state index contributed by atoms with van der Waals surface area (Å²) in [4.78, 5) is 18.3. The van der Waals surface area contributed by atoms with Crippen molar-refractivity contribution in [3.05, 3.63) is 30.1 Å². The van der Waals surface area contributed by atoms with Gasteiger partial charge < -0.3 is 14.4 Å². The molecule has 1 aromatic rings. The van der Waals surface area contributed by atoms with Gasteiger partial charge in [-0.25, -0.2) is 4.79 Å². The van der Waals surface area contributed by atoms with Gasteiger partial charge in [-0.3, -0.25) is 4.98 Å². The molecule has 0 spiro atoms. The average molecular weight is 355 g/mol. The highest BCUT2D eigenvalue weighted by molar-refractivity contribution is 5.85. The maximum atomic E-state index is 12.2. The van der Waals surface area contributed by atoms with E-state index in [9.17, 15) is 4.79 Å². The normalized spacial score (nSPS) is 17.2. The Kier molecular flexibility index (Phi) is 7.08. The second-order valence-electron chi connectivity index (χ2n) is 6.86. The third kappa shape index (κ3) is 5.41. The van der Waals surface area contributed by atoms with E-state index in [1.54, 1.807) is 17.2 Å². The number of aryl methyl sites for hydroxylation is 1. The molecule has 2 rings (SSSR count). The first-order valence-electron chi connectivity index (χ1n) is 8.01. The van der Waals surface area contributed by atoms with Crippen molar-refractivity contribution in [2.24, 2.45) is 0 Å². The van der Waals surface area contributed by atoms with Crippen LogP contribution in [0.4, 0.5) is 4.79 Å². The van der Waals surface area contributed by atoms with E-state index in [0.717, 1.165) is 30.6 Å². The lowest BCUT2D eigenvalue weighted by Gasteiger charge is -2.28. The zero-order valence-corrected chi connectivity index (χ0v) is 15.7. The maximum absolute atomic E-state index is 12.2. The van der Waals surface area contributed by atoms with Crippen LogP contribution in [0.3, 0.4) is 0 Å². The smallest absolute Gasteiger partial charge is 0.410 e. The second kappa shape index (κ2) is 8.38. The van der Waals surface area contributed by atoms with Crippen LogP contribution >= 0.6 is 12.4 Å². The number of likely N-dealkylation sites (tertiary alicyclic amines) is 1. The number of carbonyl (C=O) groups excluding carboxylic acids is 1. The molecule has 1 amide bonds. The zero-order chi connectivity index (χ0) is 17.0. The molecule has 1 saturated heterocycles. The van der Waals surface area contributed by atoms with Crippen molar-refractivity contribution in [2.45, 2.75) is 52.2 Å². The number of hydrogen-bond acceptors (Lipinski definition) is 4. The largest absolute Gasteiger partial charge is 0.490 e. The number of carbonyl (C=O) groups is 1. The Morgan fingerprint density at radius 1 is 1.50 bits per heavy atom. The second-order valence-corrected chi connectivity index (χ2v) is 6.86. The standard InChI is InChI=1S/C18H26N2O3.ClH/c1-6-16-13(2)10-15(11-19-16)22-12-14-8-7-9-20(14)17(21)23-18(3,4)5;/h6,10-11,14H,1,7-9,12H2,2-5H3;1H/t14-;/m0./s1. The summed E-state index contributed by atoms with van der Waals surface area (Å²) in [5, 5.41) is 0. The topological polar surface area (TPSA) is 51.7 Å². The van der Waals surface area contributed by atoms with E-state index in [-0.39, 0.29) is 24.5 Å². The van der Waals surface area contributed by atoms with Crippen LogP contribution in [0.15, 0.2) is 18.8 Å². The fourth-order valence-electron chi connectivity index (χ4n) is 2.61. The van der Waals surface area contributed by atoms with Crippen LogP contribution in [0.1, 0.15) is 44.9 Å². The summed E-state index contributed by atoms with van der Waals surface area (Å²) in [6.45, 7) is 12.5. The number of ether oxygens (including phenoxy) is 2. The van der Waals surface area contributed by atoms with Crippen molar-refractivity contribution in [2.75, 3.05) is 13.2 Å². The van der Waals surface area contributed by atoms with Gasteiger partial charge in [-0.05, 0) is 58.2 Å². The Balaban J connectivity index is 0.00000288. The zero-order valence-electron chi connectivity index (χ0n) is 14.9. The molecule has 1 aromatic heterocycles. The molecule has 0 N–H and O–H groups in total. The van der Waals surface area contributed by atoms with Crippen molar-refractivity contribution in [1.29, 1.82) is 0 Å². The van der Waals surface area contributed by atoms with Crippen molar-refractivity contribution in [3.8, 4) is 5.75 Å². The van der Waals surface area contributed by atoms with Crippen LogP contribution < -0.4 is 4.74 Å². The van der Waals surface area contributed by atoms with Crippen molar-refractivity contribution in [1.82, 2.24) is 9.88 Å². The fourth-order valence-corrected chi connectivity index (χ4v) is 2.61. The predicted molar refractivity (Wildman–Crippen MR) is 97.8 cm³/mol. The monoisotopic (exact) mass is 354 g/mol. The van der Waals surface area contributed by atoms with Gasteiger partial charge in [0.15, 0.2) is 0 Å². The molecule has 2 heterocycles. The van der Waals surface area contributed by atoms with E-state index in [4.69, 9.17) is 9.47 Å². The first-order valence-corrected chi connectivity index (χ1v) is 8.01. The summed E-state index contributed by atoms with van der Waals surface area (Å²) in [6, 6.07) is 1.99. The van der Waals surface area contributed by atoms with E-state index in [1.807, 2.05) is 33.8 Å². The Labute approximate surface area is 150 Å². The highest BCUT2D eigenvalue weighted by Gasteiger charge is 2.32. The third-order valence-electron chi connectivity index (χ3n) is 3.73. The van der Waals surface area contributed by atoms with Gasteiger partial charge in [-0.1, -0.05) is 6.58 Å². The van der Waals surface area contributed by atoms with Crippen LogP contribution in [0, 0.1) is 6.92 Å². The van der Waals surface area contributed by atoms with E-state index >= 15 is 0 Å². The molecule has 0 saturated carbocycles. The van der Waals surface area contributed by atoms with E-state index in [0.29, 0.717) is 12.4 Å². The van der Waals surface area contributed by atoms with Gasteiger partial charge in [-0.2, -0.15) is 0 Å². The van der Waals surface area contributed by atoms with Crippen molar-refractivity contribution < 1.29 is 14.3 Å². The summed E-state index contributed by atoms with van der Waals surface area (Å²) in [5.74, 6) is 0.712. The molecule has 5 nitrogen and oxygen atoms in total. The molecule has 6 heteroatoms. The minimum absolute atomic E-state index is 0. The molecule has 1 atom stereocenters. The Morgan fingerprint density at radius 3 is 2.79 bits per heavy atom. The van der Waals surface area contributed by atoms with Crippen LogP contribution in [0.2, 0.25) is 0 Å². The van der Waals surface area contributed by atoms with Crippen LogP contribution in [0.5, 0.6) is 5.75 Å². The summed E-state index contributed by atoms with van der Waals surface area (Å²) < 4.78 is 11.3. The quantitative estimate of drug-likeness (QED) is 0.811. The SMILES string of the molecule is C=Cc1ncc(OC[C@@H]2CCCN2C(=O)OC(C)(C)C)cc1C.Cl. The molecule has 0 unspecified atom stereocenters. The number of pyridine rings is 1. The molecule has 1 aliphatic rings. The minimum Gasteiger partial charge on any atom is -0.490 e. The van der Waals surface area contributed by atoms with Crippen LogP contribution in [-0.4, -0.2) is 40.8 Å². The molecular weight excluding hydrogens is 328 g/mol. The van der Waals surface area contributed by atoms with Crippen molar-refractivity contribution in [3.63, 3.8) is 0 Å². The molecule has 1 aliphatic heterocycles. The molecule has 0 aliphatic carbocycles. The van der Waals surface area contributed by atoms with Gasteiger partial charge in [0, 0.05) is 6.54 Å². The molecule has 24 heavy (non-hydrogen) atoms. The molecule has 134 valence electrons. The number of hydrogen-bond donors (Lipinski definition) is 0. The summed E-state index contributed by atoms with van der Waals surface area (Å²) in [7, 11) is 0. The van der Waals surface area contributed by atoms with Crippen LogP contribution in [0.25, 0.3) is 6.08 Å². The lowest BCUT2D eigenvalue weighted by atomic mass is 10.2. The average Bonchev–Trinajstić information content (AvgIpc) is 2.92. The summed E-state index contributed by atoms with van der Waals surface area (Å²) >= 11 is 0. The lowest BCUT2D eigenvalue weighted by Crippen LogP contribution is -2.42. The van der Waals surface area contributed by atoms with Gasteiger partial charge in [0.1, 0.15) is 18.0 Å². The highest BCUT2D eigenvalue weighted by atomic mass is 35.5. The number of rotatable bonds is 4. The van der Waals surface area contributed by atoms with Gasteiger partial charge in [0.2, 0.25) is 0 Å². The molecule has 0 bridgehead atoms. The van der Waals surface area contributed by atoms with Gasteiger partial charge in [-0.15, -0.1) is 12.4 Å². The number of nitrogens with zero attached hydrogens (tertiary/aromatic N) is 2. The fraction of sp³-hybridized carbons (Fsp3) is 0.556. The highest BCUT2D eigenvalue weighted by Crippen LogP contribution is 2.22. The van der Waals surface area contributed by atoms with Gasteiger partial charge >= 0.3 is 6.09 Å². The maximum Gasteiger partial charge on any atom is 0.410 e. The lowest BCUT2D eigenvalue weighted by molar-refractivity contribution is 0.0187. The van der Waals surface area contributed by atoms with E-state index < -0.39 is 5.60 Å².